The number of hydrogen-bond acceptors (Lipinski definition) is 4. The van der Waals surface area contributed by atoms with Gasteiger partial charge in [0.05, 0.1) is 0 Å². The fraction of sp³-hybridized carbons (Fsp3) is 1.00. The summed E-state index contributed by atoms with van der Waals surface area (Å²) in [5, 5.41) is 0. The molecule has 0 aromatic carbocycles. The molecule has 0 amide bonds. The van der Waals surface area contributed by atoms with Crippen molar-refractivity contribution in [3.05, 3.63) is 0 Å². The fourth-order valence-electron chi connectivity index (χ4n) is 2.87. The van der Waals surface area contributed by atoms with Crippen LogP contribution in [0.2, 0.25) is 0 Å². The van der Waals surface area contributed by atoms with Gasteiger partial charge in [-0.1, -0.05) is 6.92 Å². The number of hydrogen-bond donors (Lipinski definition) is 1. The van der Waals surface area contributed by atoms with Crippen LogP contribution in [0.15, 0.2) is 0 Å². The molecule has 1 rings (SSSR count). The lowest BCUT2D eigenvalue weighted by Crippen LogP contribution is -2.41. The second-order valence-corrected chi connectivity index (χ2v) is 6.47. The van der Waals surface area contributed by atoms with Crippen LogP contribution in [0.1, 0.15) is 19.8 Å². The van der Waals surface area contributed by atoms with E-state index in [1.165, 1.54) is 31.7 Å². The molecule has 102 valence electrons. The smallest absolute Gasteiger partial charge is 0.0254 e. The summed E-state index contributed by atoms with van der Waals surface area (Å²) in [5.74, 6) is 2.02. The van der Waals surface area contributed by atoms with Crippen LogP contribution in [-0.4, -0.2) is 67.6 Å². The second-order valence-electron chi connectivity index (χ2n) is 5.49. The zero-order valence-electron chi connectivity index (χ0n) is 11.9. The van der Waals surface area contributed by atoms with Gasteiger partial charge < -0.3 is 10.6 Å². The molecule has 1 heterocycles. The molecule has 2 N–H and O–H groups in total. The molecular weight excluding hydrogens is 230 g/mol. The first kappa shape index (κ1) is 15.3. The van der Waals surface area contributed by atoms with Gasteiger partial charge in [0, 0.05) is 31.7 Å². The Balaban J connectivity index is 2.43. The molecule has 0 aromatic rings. The summed E-state index contributed by atoms with van der Waals surface area (Å²) in [5.41, 5.74) is 5.94. The van der Waals surface area contributed by atoms with E-state index in [1.807, 2.05) is 11.8 Å². The number of nitrogens with two attached hydrogens (primary N) is 1. The van der Waals surface area contributed by atoms with Crippen LogP contribution < -0.4 is 5.73 Å². The highest BCUT2D eigenvalue weighted by Gasteiger charge is 2.33. The molecule has 0 radical (unpaired) electrons. The molecule has 3 unspecified atom stereocenters. The Morgan fingerprint density at radius 1 is 1.41 bits per heavy atom. The number of likely N-dealkylation sites (tertiary alicyclic amines) is 1. The van der Waals surface area contributed by atoms with Crippen molar-refractivity contribution in [1.29, 1.82) is 0 Å². The van der Waals surface area contributed by atoms with Gasteiger partial charge in [-0.25, -0.2) is 0 Å². The predicted molar refractivity (Wildman–Crippen MR) is 78.7 cm³/mol. The Labute approximate surface area is 111 Å². The number of likely N-dealkylation sites (N-methyl/N-ethyl adjacent to an activating group) is 1. The van der Waals surface area contributed by atoms with Crippen LogP contribution >= 0.6 is 11.8 Å². The minimum atomic E-state index is 0.592. The maximum absolute atomic E-state index is 5.94. The molecule has 1 aliphatic heterocycles. The molecule has 3 nitrogen and oxygen atoms in total. The Hall–Kier alpha value is 0.230. The van der Waals surface area contributed by atoms with E-state index in [4.69, 9.17) is 5.73 Å². The molecule has 0 spiro atoms. The van der Waals surface area contributed by atoms with Gasteiger partial charge in [0.1, 0.15) is 0 Å². The Bertz CT molecular complexity index is 211. The van der Waals surface area contributed by atoms with Crippen molar-refractivity contribution in [2.24, 2.45) is 11.7 Å². The summed E-state index contributed by atoms with van der Waals surface area (Å²) in [4.78, 5) is 4.97. The average Bonchev–Trinajstić information content (AvgIpc) is 2.67. The topological polar surface area (TPSA) is 32.5 Å². The quantitative estimate of drug-likeness (QED) is 0.699. The molecular formula is C13H29N3S. The van der Waals surface area contributed by atoms with Crippen molar-refractivity contribution >= 4 is 11.8 Å². The molecule has 1 aliphatic rings. The third kappa shape index (κ3) is 4.43. The van der Waals surface area contributed by atoms with E-state index in [0.29, 0.717) is 12.1 Å². The maximum Gasteiger partial charge on any atom is 0.0254 e. The van der Waals surface area contributed by atoms with Gasteiger partial charge in [0.25, 0.3) is 0 Å². The van der Waals surface area contributed by atoms with E-state index in [2.05, 4.69) is 37.1 Å². The van der Waals surface area contributed by atoms with Gasteiger partial charge in [-0.3, -0.25) is 4.90 Å². The minimum absolute atomic E-state index is 0.592. The van der Waals surface area contributed by atoms with E-state index in [9.17, 15) is 0 Å². The van der Waals surface area contributed by atoms with Crippen LogP contribution in [0.25, 0.3) is 0 Å². The highest BCUT2D eigenvalue weighted by atomic mass is 32.2. The molecule has 0 bridgehead atoms. The van der Waals surface area contributed by atoms with Crippen LogP contribution in [0.5, 0.6) is 0 Å². The monoisotopic (exact) mass is 259 g/mol. The van der Waals surface area contributed by atoms with Crippen LogP contribution in [0.3, 0.4) is 0 Å². The second kappa shape index (κ2) is 7.62. The summed E-state index contributed by atoms with van der Waals surface area (Å²) >= 11 is 1.94. The summed E-state index contributed by atoms with van der Waals surface area (Å²) < 4.78 is 0. The predicted octanol–water partition coefficient (Wildman–Crippen LogP) is 1.34. The van der Waals surface area contributed by atoms with E-state index >= 15 is 0 Å². The van der Waals surface area contributed by atoms with Crippen molar-refractivity contribution < 1.29 is 0 Å². The molecule has 0 aromatic heterocycles. The Kier molecular flexibility index (Phi) is 6.85. The van der Waals surface area contributed by atoms with Gasteiger partial charge in [-0.05, 0) is 44.9 Å². The van der Waals surface area contributed by atoms with Crippen LogP contribution in [0.4, 0.5) is 0 Å². The van der Waals surface area contributed by atoms with Gasteiger partial charge in [-0.2, -0.15) is 11.8 Å². The summed E-state index contributed by atoms with van der Waals surface area (Å²) in [7, 11) is 4.38. The molecule has 0 saturated carbocycles. The lowest BCUT2D eigenvalue weighted by atomic mass is 10.1. The lowest BCUT2D eigenvalue weighted by molar-refractivity contribution is 0.209. The Morgan fingerprint density at radius 2 is 2.12 bits per heavy atom. The van der Waals surface area contributed by atoms with Crippen LogP contribution in [0, 0.1) is 5.92 Å². The van der Waals surface area contributed by atoms with Gasteiger partial charge in [0.2, 0.25) is 0 Å². The van der Waals surface area contributed by atoms with Gasteiger partial charge in [0.15, 0.2) is 0 Å². The SMILES string of the molecule is CSCCCC(CN)N1CC(C)C(N(C)C)C1. The molecule has 3 atom stereocenters. The number of thioether (sulfide) groups is 1. The largest absolute Gasteiger partial charge is 0.329 e. The number of nitrogens with zero attached hydrogens (tertiary/aromatic N) is 2. The lowest BCUT2D eigenvalue weighted by Gasteiger charge is -2.27. The van der Waals surface area contributed by atoms with Crippen molar-refractivity contribution in [2.75, 3.05) is 45.7 Å². The van der Waals surface area contributed by atoms with Gasteiger partial charge in [-0.15, -0.1) is 0 Å². The molecule has 17 heavy (non-hydrogen) atoms. The molecule has 4 heteroatoms. The van der Waals surface area contributed by atoms with Crippen molar-refractivity contribution in [2.45, 2.75) is 31.8 Å². The van der Waals surface area contributed by atoms with E-state index in [-0.39, 0.29) is 0 Å². The van der Waals surface area contributed by atoms with E-state index < -0.39 is 0 Å². The first-order valence-corrected chi connectivity index (χ1v) is 8.09. The zero-order valence-corrected chi connectivity index (χ0v) is 12.7. The highest BCUT2D eigenvalue weighted by molar-refractivity contribution is 7.98. The third-order valence-electron chi connectivity index (χ3n) is 3.94. The molecule has 0 aliphatic carbocycles. The van der Waals surface area contributed by atoms with E-state index in [1.54, 1.807) is 0 Å². The van der Waals surface area contributed by atoms with Crippen molar-refractivity contribution in [3.63, 3.8) is 0 Å². The highest BCUT2D eigenvalue weighted by Crippen LogP contribution is 2.23. The van der Waals surface area contributed by atoms with Crippen molar-refractivity contribution in [3.8, 4) is 0 Å². The Morgan fingerprint density at radius 3 is 2.59 bits per heavy atom. The fourth-order valence-corrected chi connectivity index (χ4v) is 3.32. The first-order valence-electron chi connectivity index (χ1n) is 6.69. The number of rotatable bonds is 7. The average molecular weight is 259 g/mol. The van der Waals surface area contributed by atoms with Gasteiger partial charge >= 0.3 is 0 Å². The van der Waals surface area contributed by atoms with Crippen molar-refractivity contribution in [1.82, 2.24) is 9.80 Å². The van der Waals surface area contributed by atoms with Crippen LogP contribution in [-0.2, 0) is 0 Å². The standard InChI is InChI=1S/C13H29N3S/c1-11-9-16(10-13(11)15(2)3)12(8-14)6-5-7-17-4/h11-13H,5-10,14H2,1-4H3. The minimum Gasteiger partial charge on any atom is -0.329 e. The zero-order chi connectivity index (χ0) is 12.8. The normalized spacial score (nSPS) is 27.9. The van der Waals surface area contributed by atoms with E-state index in [0.717, 1.165) is 12.5 Å². The maximum atomic E-state index is 5.94. The molecule has 1 saturated heterocycles. The summed E-state index contributed by atoms with van der Waals surface area (Å²) in [6, 6.07) is 1.29. The summed E-state index contributed by atoms with van der Waals surface area (Å²) in [6.07, 6.45) is 4.72. The first-order chi connectivity index (χ1) is 8.10. The molecule has 1 fully saturated rings. The third-order valence-corrected chi connectivity index (χ3v) is 4.64. The summed E-state index contributed by atoms with van der Waals surface area (Å²) in [6.45, 7) is 5.57.